The molecule has 0 aromatic heterocycles. The highest BCUT2D eigenvalue weighted by atomic mass is 35.5. The van der Waals surface area contributed by atoms with Gasteiger partial charge in [0.25, 0.3) is 11.8 Å². The second-order valence-corrected chi connectivity index (χ2v) is 3.72. The van der Waals surface area contributed by atoms with E-state index in [1.54, 1.807) is 0 Å². The number of nitrogens with zero attached hydrogens (tertiary/aromatic N) is 1. The zero-order valence-corrected chi connectivity index (χ0v) is 9.14. The average molecular weight is 252 g/mol. The van der Waals surface area contributed by atoms with Crippen LogP contribution >= 0.6 is 11.6 Å². The molecule has 1 heterocycles. The van der Waals surface area contributed by atoms with Crippen LogP contribution in [0.1, 0.15) is 10.4 Å². The zero-order chi connectivity index (χ0) is 12.6. The molecule has 1 aliphatic rings. The molecular weight excluding hydrogens is 246 g/mol. The Morgan fingerprint density at radius 3 is 2.29 bits per heavy atom. The smallest absolute Gasteiger partial charge is 0.337 e. The second-order valence-electron chi connectivity index (χ2n) is 3.31. The van der Waals surface area contributed by atoms with E-state index < -0.39 is 17.8 Å². The van der Waals surface area contributed by atoms with E-state index in [0.717, 1.165) is 17.1 Å². The summed E-state index contributed by atoms with van der Waals surface area (Å²) >= 11 is 5.69. The molecule has 1 aliphatic heterocycles. The topological polar surface area (TPSA) is 74.7 Å². The predicted molar refractivity (Wildman–Crippen MR) is 60.0 cm³/mol. The summed E-state index contributed by atoms with van der Waals surface area (Å²) in [6.07, 6.45) is 2.24. The van der Waals surface area contributed by atoms with Crippen molar-refractivity contribution >= 4 is 35.1 Å². The van der Waals surface area contributed by atoms with E-state index in [9.17, 15) is 14.4 Å². The molecule has 0 bridgehead atoms. The Labute approximate surface area is 101 Å². The van der Waals surface area contributed by atoms with E-state index >= 15 is 0 Å². The Bertz CT molecular complexity index is 547. The summed E-state index contributed by atoms with van der Waals surface area (Å²) in [5, 5.41) is 8.93. The molecule has 0 unspecified atom stereocenters. The van der Waals surface area contributed by atoms with E-state index in [2.05, 4.69) is 0 Å². The number of rotatable bonds is 2. The maximum absolute atomic E-state index is 11.4. The summed E-state index contributed by atoms with van der Waals surface area (Å²) in [6, 6.07) is 3.93. The lowest BCUT2D eigenvalue weighted by Crippen LogP contribution is -2.29. The van der Waals surface area contributed by atoms with Crippen molar-refractivity contribution in [2.75, 3.05) is 4.90 Å². The first kappa shape index (κ1) is 11.3. The Morgan fingerprint density at radius 2 is 1.76 bits per heavy atom. The maximum atomic E-state index is 11.4. The number of hydrogen-bond donors (Lipinski definition) is 1. The second kappa shape index (κ2) is 4.03. The lowest BCUT2D eigenvalue weighted by molar-refractivity contribution is -0.119. The molecule has 2 amide bonds. The summed E-state index contributed by atoms with van der Waals surface area (Å²) in [4.78, 5) is 34.5. The Balaban J connectivity index is 2.47. The van der Waals surface area contributed by atoms with Gasteiger partial charge in [-0.2, -0.15) is 0 Å². The highest BCUT2D eigenvalue weighted by Gasteiger charge is 2.26. The standard InChI is InChI=1S/C11H6ClNO4/c12-8-2-1-6(5-7(8)11(16)17)13-9(14)3-4-10(13)15/h1-5H,(H,16,17). The van der Waals surface area contributed by atoms with E-state index in [1.165, 1.54) is 18.2 Å². The van der Waals surface area contributed by atoms with Crippen molar-refractivity contribution in [3.63, 3.8) is 0 Å². The molecule has 86 valence electrons. The van der Waals surface area contributed by atoms with Gasteiger partial charge in [-0.3, -0.25) is 9.59 Å². The van der Waals surface area contributed by atoms with E-state index in [4.69, 9.17) is 16.7 Å². The van der Waals surface area contributed by atoms with Gasteiger partial charge in [0, 0.05) is 12.2 Å². The number of carbonyl (C=O) groups excluding carboxylic acids is 2. The number of imide groups is 1. The quantitative estimate of drug-likeness (QED) is 0.808. The summed E-state index contributed by atoms with van der Waals surface area (Å²) in [6.45, 7) is 0. The van der Waals surface area contributed by atoms with Gasteiger partial charge < -0.3 is 5.11 Å². The van der Waals surface area contributed by atoms with Crippen LogP contribution in [0.15, 0.2) is 30.4 Å². The van der Waals surface area contributed by atoms with Crippen molar-refractivity contribution in [2.24, 2.45) is 0 Å². The van der Waals surface area contributed by atoms with Crippen molar-refractivity contribution in [1.29, 1.82) is 0 Å². The molecule has 2 rings (SSSR count). The summed E-state index contributed by atoms with van der Waals surface area (Å²) < 4.78 is 0. The molecular formula is C11H6ClNO4. The summed E-state index contributed by atoms with van der Waals surface area (Å²) in [7, 11) is 0. The van der Waals surface area contributed by atoms with Crippen LogP contribution in [0.4, 0.5) is 5.69 Å². The molecule has 1 aromatic rings. The van der Waals surface area contributed by atoms with Crippen molar-refractivity contribution in [3.05, 3.63) is 40.9 Å². The SMILES string of the molecule is O=C(O)c1cc(N2C(=O)C=CC2=O)ccc1Cl. The van der Waals surface area contributed by atoms with E-state index in [-0.39, 0.29) is 16.3 Å². The van der Waals surface area contributed by atoms with E-state index in [0.29, 0.717) is 0 Å². The Morgan fingerprint density at radius 1 is 1.18 bits per heavy atom. The fraction of sp³-hybridized carbons (Fsp3) is 0. The van der Waals surface area contributed by atoms with Gasteiger partial charge in [0.2, 0.25) is 0 Å². The third-order valence-corrected chi connectivity index (χ3v) is 2.58. The van der Waals surface area contributed by atoms with Gasteiger partial charge in [0.15, 0.2) is 0 Å². The van der Waals surface area contributed by atoms with Crippen LogP contribution in [0.25, 0.3) is 0 Å². The van der Waals surface area contributed by atoms with Crippen LogP contribution in [0, 0.1) is 0 Å². The van der Waals surface area contributed by atoms with Gasteiger partial charge in [0.05, 0.1) is 16.3 Å². The van der Waals surface area contributed by atoms with Gasteiger partial charge in [-0.05, 0) is 18.2 Å². The molecule has 0 fully saturated rings. The number of hydrogen-bond acceptors (Lipinski definition) is 3. The highest BCUT2D eigenvalue weighted by molar-refractivity contribution is 6.34. The molecule has 0 radical (unpaired) electrons. The highest BCUT2D eigenvalue weighted by Crippen LogP contribution is 2.25. The number of amides is 2. The fourth-order valence-corrected chi connectivity index (χ4v) is 1.67. The number of aromatic carboxylic acids is 1. The maximum Gasteiger partial charge on any atom is 0.337 e. The predicted octanol–water partition coefficient (Wildman–Crippen LogP) is 1.47. The zero-order valence-electron chi connectivity index (χ0n) is 8.38. The van der Waals surface area contributed by atoms with Crippen LogP contribution in [0.5, 0.6) is 0 Å². The number of carboxylic acids is 1. The first-order valence-electron chi connectivity index (χ1n) is 4.59. The molecule has 17 heavy (non-hydrogen) atoms. The lowest BCUT2D eigenvalue weighted by Gasteiger charge is -2.14. The molecule has 0 saturated heterocycles. The summed E-state index contributed by atoms with van der Waals surface area (Å²) in [5.41, 5.74) is 0.0310. The molecule has 5 nitrogen and oxygen atoms in total. The fourth-order valence-electron chi connectivity index (χ4n) is 1.47. The van der Waals surface area contributed by atoms with Gasteiger partial charge in [-0.25, -0.2) is 9.69 Å². The van der Waals surface area contributed by atoms with Crippen molar-refractivity contribution < 1.29 is 19.5 Å². The van der Waals surface area contributed by atoms with Crippen LogP contribution in [0.3, 0.4) is 0 Å². The summed E-state index contributed by atoms with van der Waals surface area (Å²) in [5.74, 6) is -2.23. The van der Waals surface area contributed by atoms with Gasteiger partial charge in [0.1, 0.15) is 0 Å². The minimum atomic E-state index is -1.22. The van der Waals surface area contributed by atoms with Gasteiger partial charge in [-0.1, -0.05) is 11.6 Å². The third kappa shape index (κ3) is 1.92. The number of anilines is 1. The Hall–Kier alpha value is -2.14. The number of carboxylic acid groups (broad SMARTS) is 1. The molecule has 0 atom stereocenters. The lowest BCUT2D eigenvalue weighted by atomic mass is 10.2. The normalized spacial score (nSPS) is 14.5. The van der Waals surface area contributed by atoms with Crippen LogP contribution in [0.2, 0.25) is 5.02 Å². The molecule has 1 N–H and O–H groups in total. The minimum Gasteiger partial charge on any atom is -0.478 e. The van der Waals surface area contributed by atoms with Crippen molar-refractivity contribution in [3.8, 4) is 0 Å². The first-order chi connectivity index (χ1) is 8.00. The van der Waals surface area contributed by atoms with Gasteiger partial charge in [-0.15, -0.1) is 0 Å². The molecule has 0 spiro atoms. The first-order valence-corrected chi connectivity index (χ1v) is 4.97. The average Bonchev–Trinajstić information content (AvgIpc) is 2.59. The monoisotopic (exact) mass is 251 g/mol. The van der Waals surface area contributed by atoms with Crippen molar-refractivity contribution in [2.45, 2.75) is 0 Å². The third-order valence-electron chi connectivity index (χ3n) is 2.25. The number of carbonyl (C=O) groups is 3. The molecule has 1 aromatic carbocycles. The van der Waals surface area contributed by atoms with Gasteiger partial charge >= 0.3 is 5.97 Å². The largest absolute Gasteiger partial charge is 0.478 e. The Kier molecular flexibility index (Phi) is 2.69. The molecule has 6 heteroatoms. The molecule has 0 aliphatic carbocycles. The minimum absolute atomic E-state index is 0.0494. The van der Waals surface area contributed by atoms with E-state index in [1.807, 2.05) is 0 Å². The van der Waals surface area contributed by atoms with Crippen molar-refractivity contribution in [1.82, 2.24) is 0 Å². The number of benzene rings is 1. The van der Waals surface area contributed by atoms with Crippen LogP contribution in [-0.2, 0) is 9.59 Å². The van der Waals surface area contributed by atoms with Crippen LogP contribution in [-0.4, -0.2) is 22.9 Å². The number of halogens is 1. The molecule has 0 saturated carbocycles. The van der Waals surface area contributed by atoms with Crippen LogP contribution < -0.4 is 4.90 Å².